The van der Waals surface area contributed by atoms with E-state index in [0.29, 0.717) is 5.15 Å². The van der Waals surface area contributed by atoms with Crippen molar-refractivity contribution in [2.75, 3.05) is 11.4 Å². The van der Waals surface area contributed by atoms with Crippen LogP contribution >= 0.6 is 11.6 Å². The molecule has 0 N–H and O–H groups in total. The van der Waals surface area contributed by atoms with E-state index in [-0.39, 0.29) is 5.92 Å². The molecule has 0 aliphatic carbocycles. The maximum absolute atomic E-state index is 6.33. The van der Waals surface area contributed by atoms with Crippen molar-refractivity contribution >= 4 is 23.1 Å². The van der Waals surface area contributed by atoms with Crippen molar-refractivity contribution in [2.24, 2.45) is 0 Å². The fraction of sp³-hybridized carbons (Fsp3) is 0.412. The lowest BCUT2D eigenvalue weighted by molar-refractivity contribution is 0.733. The zero-order chi connectivity index (χ0) is 15.0. The zero-order valence-corrected chi connectivity index (χ0v) is 13.5. The Morgan fingerprint density at radius 1 is 1.19 bits per heavy atom. The normalized spacial score (nSPS) is 14.4. The summed E-state index contributed by atoms with van der Waals surface area (Å²) in [5.41, 5.74) is 3.58. The second kappa shape index (κ2) is 5.64. The van der Waals surface area contributed by atoms with Gasteiger partial charge in [-0.05, 0) is 31.4 Å². The molecule has 3 nitrogen and oxygen atoms in total. The van der Waals surface area contributed by atoms with Gasteiger partial charge in [0, 0.05) is 23.7 Å². The highest BCUT2D eigenvalue weighted by Crippen LogP contribution is 2.35. The van der Waals surface area contributed by atoms with Crippen molar-refractivity contribution in [3.63, 3.8) is 0 Å². The number of nitrogens with zero attached hydrogens (tertiary/aromatic N) is 3. The lowest BCUT2D eigenvalue weighted by atomic mass is 10.0. The molecule has 0 unspecified atom stereocenters. The Morgan fingerprint density at radius 3 is 2.71 bits per heavy atom. The van der Waals surface area contributed by atoms with Gasteiger partial charge in [-0.25, -0.2) is 9.97 Å². The summed E-state index contributed by atoms with van der Waals surface area (Å²) in [6, 6.07) is 8.54. The van der Waals surface area contributed by atoms with Crippen LogP contribution in [0.3, 0.4) is 0 Å². The number of fused-ring (bicyclic) bond motifs is 1. The summed E-state index contributed by atoms with van der Waals surface area (Å²) in [4.78, 5) is 11.5. The van der Waals surface area contributed by atoms with Gasteiger partial charge in [-0.3, -0.25) is 0 Å². The van der Waals surface area contributed by atoms with E-state index in [1.807, 2.05) is 6.92 Å². The summed E-state index contributed by atoms with van der Waals surface area (Å²) >= 11 is 6.33. The molecule has 1 aromatic heterocycles. The van der Waals surface area contributed by atoms with Crippen LogP contribution in [0.2, 0.25) is 5.15 Å². The average molecular weight is 302 g/mol. The van der Waals surface area contributed by atoms with Gasteiger partial charge in [0.25, 0.3) is 0 Å². The van der Waals surface area contributed by atoms with Gasteiger partial charge < -0.3 is 4.90 Å². The number of hydrogen-bond acceptors (Lipinski definition) is 3. The van der Waals surface area contributed by atoms with Crippen LogP contribution in [0, 0.1) is 6.92 Å². The molecule has 2 heterocycles. The first-order valence-electron chi connectivity index (χ1n) is 7.47. The molecule has 1 aliphatic heterocycles. The summed E-state index contributed by atoms with van der Waals surface area (Å²) in [5.74, 6) is 2.02. The van der Waals surface area contributed by atoms with Gasteiger partial charge in [0.05, 0.1) is 0 Å². The number of anilines is 2. The summed E-state index contributed by atoms with van der Waals surface area (Å²) in [6.07, 6.45) is 2.26. The number of aryl methyl sites for hydroxylation is 1. The van der Waals surface area contributed by atoms with Crippen molar-refractivity contribution < 1.29 is 0 Å². The van der Waals surface area contributed by atoms with Crippen molar-refractivity contribution in [3.8, 4) is 0 Å². The highest BCUT2D eigenvalue weighted by atomic mass is 35.5. The van der Waals surface area contributed by atoms with E-state index in [2.05, 4.69) is 48.0 Å². The lowest BCUT2D eigenvalue weighted by Gasteiger charge is -2.31. The third kappa shape index (κ3) is 2.62. The van der Waals surface area contributed by atoms with Gasteiger partial charge in [-0.2, -0.15) is 0 Å². The summed E-state index contributed by atoms with van der Waals surface area (Å²) < 4.78 is 0. The Morgan fingerprint density at radius 2 is 1.95 bits per heavy atom. The van der Waals surface area contributed by atoms with Crippen molar-refractivity contribution in [1.82, 2.24) is 9.97 Å². The molecule has 21 heavy (non-hydrogen) atoms. The molecular weight excluding hydrogens is 282 g/mol. The summed E-state index contributed by atoms with van der Waals surface area (Å²) in [6.45, 7) is 7.16. The van der Waals surface area contributed by atoms with Crippen LogP contribution in [0.15, 0.2) is 24.3 Å². The molecule has 0 fully saturated rings. The van der Waals surface area contributed by atoms with Crippen LogP contribution in [-0.2, 0) is 6.42 Å². The fourth-order valence-corrected chi connectivity index (χ4v) is 2.94. The van der Waals surface area contributed by atoms with Crippen LogP contribution < -0.4 is 4.90 Å². The Bertz CT molecular complexity index is 667. The van der Waals surface area contributed by atoms with E-state index in [0.717, 1.165) is 36.6 Å². The van der Waals surface area contributed by atoms with Crippen LogP contribution in [0.1, 0.15) is 43.1 Å². The van der Waals surface area contributed by atoms with Crippen molar-refractivity contribution in [1.29, 1.82) is 0 Å². The third-order valence-corrected chi connectivity index (χ3v) is 4.33. The molecule has 0 amide bonds. The number of benzene rings is 1. The first kappa shape index (κ1) is 14.3. The highest BCUT2D eigenvalue weighted by molar-refractivity contribution is 6.30. The van der Waals surface area contributed by atoms with E-state index in [4.69, 9.17) is 16.6 Å². The van der Waals surface area contributed by atoms with Gasteiger partial charge in [-0.1, -0.05) is 43.6 Å². The Hall–Kier alpha value is -1.61. The van der Waals surface area contributed by atoms with Crippen LogP contribution in [0.5, 0.6) is 0 Å². The molecular formula is C17H20ClN3. The molecule has 0 radical (unpaired) electrons. The molecule has 3 rings (SSSR count). The lowest BCUT2D eigenvalue weighted by Crippen LogP contribution is -2.26. The third-order valence-electron chi connectivity index (χ3n) is 3.96. The Balaban J connectivity index is 2.13. The highest BCUT2D eigenvalue weighted by Gasteiger charge is 2.22. The van der Waals surface area contributed by atoms with Gasteiger partial charge in [0.15, 0.2) is 0 Å². The van der Waals surface area contributed by atoms with E-state index >= 15 is 0 Å². The minimum Gasteiger partial charge on any atom is -0.326 e. The van der Waals surface area contributed by atoms with Crippen LogP contribution in [0.4, 0.5) is 11.5 Å². The molecule has 1 aromatic carbocycles. The van der Waals surface area contributed by atoms with E-state index in [1.165, 1.54) is 11.3 Å². The molecule has 2 aromatic rings. The first-order valence-corrected chi connectivity index (χ1v) is 7.85. The fourth-order valence-electron chi connectivity index (χ4n) is 2.77. The maximum Gasteiger partial charge on any atom is 0.141 e. The molecule has 0 saturated heterocycles. The van der Waals surface area contributed by atoms with E-state index < -0.39 is 0 Å². The molecule has 0 saturated carbocycles. The molecule has 0 bridgehead atoms. The minimum atomic E-state index is 0.266. The number of hydrogen-bond donors (Lipinski definition) is 0. The largest absolute Gasteiger partial charge is 0.326 e. The number of para-hydroxylation sites is 1. The minimum absolute atomic E-state index is 0.266. The molecule has 4 heteroatoms. The predicted octanol–water partition coefficient (Wildman–Crippen LogP) is 4.65. The smallest absolute Gasteiger partial charge is 0.141 e. The monoisotopic (exact) mass is 301 g/mol. The summed E-state index contributed by atoms with van der Waals surface area (Å²) in [5, 5.41) is 0.562. The average Bonchev–Trinajstić information content (AvgIpc) is 2.49. The zero-order valence-electron chi connectivity index (χ0n) is 12.7. The first-order chi connectivity index (χ1) is 10.1. The summed E-state index contributed by atoms with van der Waals surface area (Å²) in [7, 11) is 0. The van der Waals surface area contributed by atoms with Crippen molar-refractivity contribution in [3.05, 3.63) is 46.4 Å². The van der Waals surface area contributed by atoms with Gasteiger partial charge >= 0.3 is 0 Å². The van der Waals surface area contributed by atoms with E-state index in [1.54, 1.807) is 0 Å². The predicted molar refractivity (Wildman–Crippen MR) is 87.6 cm³/mol. The SMILES string of the molecule is Cc1c(Cl)nc(C(C)C)nc1N1CCCc2ccccc21. The van der Waals surface area contributed by atoms with Crippen LogP contribution in [-0.4, -0.2) is 16.5 Å². The Labute approximate surface area is 131 Å². The molecule has 1 aliphatic rings. The second-order valence-electron chi connectivity index (χ2n) is 5.86. The maximum atomic E-state index is 6.33. The molecule has 110 valence electrons. The topological polar surface area (TPSA) is 29.0 Å². The quantitative estimate of drug-likeness (QED) is 0.756. The molecule has 0 atom stereocenters. The van der Waals surface area contributed by atoms with Crippen molar-refractivity contribution in [2.45, 2.75) is 39.5 Å². The standard InChI is InChI=1S/C17H20ClN3/c1-11(2)16-19-15(18)12(3)17(20-16)21-10-6-8-13-7-4-5-9-14(13)21/h4-5,7,9,11H,6,8,10H2,1-3H3. The van der Waals surface area contributed by atoms with Gasteiger partial charge in [0.1, 0.15) is 16.8 Å². The van der Waals surface area contributed by atoms with Gasteiger partial charge in [0.2, 0.25) is 0 Å². The van der Waals surface area contributed by atoms with E-state index in [9.17, 15) is 0 Å². The second-order valence-corrected chi connectivity index (χ2v) is 6.22. The number of halogens is 1. The molecule has 0 spiro atoms. The van der Waals surface area contributed by atoms with Gasteiger partial charge in [-0.15, -0.1) is 0 Å². The number of rotatable bonds is 2. The number of aromatic nitrogens is 2. The Kier molecular flexibility index (Phi) is 3.85. The van der Waals surface area contributed by atoms with Crippen LogP contribution in [0.25, 0.3) is 0 Å².